The molecule has 1 rings (SSSR count). The highest BCUT2D eigenvalue weighted by Gasteiger charge is 2.25. The standard InChI is InChI=1S/C10H8Cl3NO4/c1-18-10(15)8(13)4-6-7(12)2-5(11)3-9(6)14(16)17/h2-3,8H,4H2,1H3. The van der Waals surface area contributed by atoms with E-state index < -0.39 is 16.3 Å². The molecule has 18 heavy (non-hydrogen) atoms. The minimum atomic E-state index is -1.05. The molecule has 1 unspecified atom stereocenters. The van der Waals surface area contributed by atoms with Crippen molar-refractivity contribution in [1.29, 1.82) is 0 Å². The zero-order valence-corrected chi connectivity index (χ0v) is 11.4. The van der Waals surface area contributed by atoms with Crippen LogP contribution in [0.1, 0.15) is 5.56 Å². The van der Waals surface area contributed by atoms with Gasteiger partial charge < -0.3 is 4.74 Å². The van der Waals surface area contributed by atoms with Gasteiger partial charge in [0.25, 0.3) is 5.69 Å². The molecule has 0 saturated carbocycles. The van der Waals surface area contributed by atoms with Crippen molar-refractivity contribution < 1.29 is 14.5 Å². The SMILES string of the molecule is COC(=O)C(Cl)Cc1c(Cl)cc(Cl)cc1[N+](=O)[O-]. The molecule has 1 aromatic carbocycles. The molecule has 0 heterocycles. The van der Waals surface area contributed by atoms with E-state index in [2.05, 4.69) is 4.74 Å². The van der Waals surface area contributed by atoms with Gasteiger partial charge in [-0.25, -0.2) is 0 Å². The normalized spacial score (nSPS) is 12.0. The average Bonchev–Trinajstić information content (AvgIpc) is 2.30. The molecule has 0 aliphatic rings. The first-order valence-corrected chi connectivity index (χ1v) is 5.90. The summed E-state index contributed by atoms with van der Waals surface area (Å²) in [5, 5.41) is 10.1. The molecule has 5 nitrogen and oxygen atoms in total. The second-order valence-corrected chi connectivity index (χ2v) is 4.71. The van der Waals surface area contributed by atoms with E-state index in [1.54, 1.807) is 0 Å². The van der Waals surface area contributed by atoms with Gasteiger partial charge in [-0.1, -0.05) is 23.2 Å². The molecule has 0 amide bonds. The van der Waals surface area contributed by atoms with Gasteiger partial charge >= 0.3 is 5.97 Å². The summed E-state index contributed by atoms with van der Waals surface area (Å²) in [6, 6.07) is 2.51. The fraction of sp³-hybridized carbons (Fsp3) is 0.300. The topological polar surface area (TPSA) is 69.4 Å². The Morgan fingerprint density at radius 2 is 2.11 bits per heavy atom. The second-order valence-electron chi connectivity index (χ2n) is 3.34. The summed E-state index contributed by atoms with van der Waals surface area (Å²) in [7, 11) is 1.18. The number of benzene rings is 1. The summed E-state index contributed by atoms with van der Waals surface area (Å²) in [4.78, 5) is 21.4. The fourth-order valence-electron chi connectivity index (χ4n) is 1.35. The number of ether oxygens (including phenoxy) is 1. The highest BCUT2D eigenvalue weighted by molar-refractivity contribution is 6.36. The van der Waals surface area contributed by atoms with E-state index in [4.69, 9.17) is 34.8 Å². The van der Waals surface area contributed by atoms with Gasteiger partial charge in [0.05, 0.1) is 22.6 Å². The number of nitrogens with zero attached hydrogens (tertiary/aromatic N) is 1. The first kappa shape index (κ1) is 15.0. The van der Waals surface area contributed by atoms with E-state index in [1.807, 2.05) is 0 Å². The monoisotopic (exact) mass is 311 g/mol. The lowest BCUT2D eigenvalue weighted by Crippen LogP contribution is -2.19. The van der Waals surface area contributed by atoms with Gasteiger partial charge in [-0.2, -0.15) is 0 Å². The Morgan fingerprint density at radius 3 is 2.61 bits per heavy atom. The first-order chi connectivity index (χ1) is 8.36. The van der Waals surface area contributed by atoms with Crippen molar-refractivity contribution in [3.8, 4) is 0 Å². The number of nitro groups is 1. The predicted molar refractivity (Wildman–Crippen MR) is 68.5 cm³/mol. The quantitative estimate of drug-likeness (QED) is 0.370. The number of esters is 1. The molecule has 0 spiro atoms. The van der Waals surface area contributed by atoms with E-state index >= 15 is 0 Å². The summed E-state index contributed by atoms with van der Waals surface area (Å²) >= 11 is 17.3. The van der Waals surface area contributed by atoms with Crippen molar-refractivity contribution in [2.24, 2.45) is 0 Å². The van der Waals surface area contributed by atoms with Crippen LogP contribution in [0.25, 0.3) is 0 Å². The van der Waals surface area contributed by atoms with Crippen molar-refractivity contribution >= 4 is 46.5 Å². The first-order valence-electron chi connectivity index (χ1n) is 4.71. The number of alkyl halides is 1. The number of carbonyl (C=O) groups is 1. The number of hydrogen-bond donors (Lipinski definition) is 0. The lowest BCUT2D eigenvalue weighted by atomic mass is 10.1. The molecule has 8 heteroatoms. The lowest BCUT2D eigenvalue weighted by molar-refractivity contribution is -0.385. The third-order valence-electron chi connectivity index (χ3n) is 2.17. The van der Waals surface area contributed by atoms with Crippen LogP contribution in [-0.2, 0) is 16.0 Å². The van der Waals surface area contributed by atoms with Crippen molar-refractivity contribution in [3.63, 3.8) is 0 Å². The summed E-state index contributed by atoms with van der Waals surface area (Å²) in [6.45, 7) is 0. The van der Waals surface area contributed by atoms with Crippen LogP contribution in [0.15, 0.2) is 12.1 Å². The summed E-state index contributed by atoms with van der Waals surface area (Å²) in [6.07, 6.45) is -0.111. The Kier molecular flexibility index (Phi) is 5.19. The van der Waals surface area contributed by atoms with Crippen LogP contribution in [0.4, 0.5) is 5.69 Å². The molecule has 1 aromatic rings. The number of rotatable bonds is 4. The van der Waals surface area contributed by atoms with Crippen molar-refractivity contribution in [2.75, 3.05) is 7.11 Å². The maximum absolute atomic E-state index is 11.2. The van der Waals surface area contributed by atoms with Gasteiger partial charge in [0.2, 0.25) is 0 Å². The maximum Gasteiger partial charge on any atom is 0.324 e. The molecule has 0 aliphatic heterocycles. The van der Waals surface area contributed by atoms with Crippen molar-refractivity contribution in [3.05, 3.63) is 37.9 Å². The Labute approximate surface area is 118 Å². The number of nitro benzene ring substituents is 1. The molecule has 0 fully saturated rings. The van der Waals surface area contributed by atoms with E-state index in [0.29, 0.717) is 0 Å². The molecule has 1 atom stereocenters. The zero-order chi connectivity index (χ0) is 13.9. The summed E-state index contributed by atoms with van der Waals surface area (Å²) in [5.41, 5.74) is -0.126. The van der Waals surface area contributed by atoms with E-state index in [9.17, 15) is 14.9 Å². The second kappa shape index (κ2) is 6.22. The third-order valence-corrected chi connectivity index (χ3v) is 3.06. The van der Waals surface area contributed by atoms with Crippen molar-refractivity contribution in [1.82, 2.24) is 0 Å². The van der Waals surface area contributed by atoms with Gasteiger partial charge in [0.1, 0.15) is 5.38 Å². The molecule has 0 aromatic heterocycles. The minimum absolute atomic E-state index is 0.0868. The van der Waals surface area contributed by atoms with Crippen LogP contribution < -0.4 is 0 Å². The zero-order valence-electron chi connectivity index (χ0n) is 9.15. The Morgan fingerprint density at radius 1 is 1.50 bits per heavy atom. The van der Waals surface area contributed by atoms with Gasteiger partial charge in [-0.3, -0.25) is 14.9 Å². The third kappa shape index (κ3) is 3.48. The predicted octanol–water partition coefficient (Wildman–Crippen LogP) is 3.22. The highest BCUT2D eigenvalue weighted by Crippen LogP contribution is 2.32. The van der Waals surface area contributed by atoms with Crippen LogP contribution in [0.5, 0.6) is 0 Å². The average molecular weight is 313 g/mol. The van der Waals surface area contributed by atoms with Gasteiger partial charge in [-0.05, 0) is 6.07 Å². The number of methoxy groups -OCH3 is 1. The van der Waals surface area contributed by atoms with Crippen LogP contribution >= 0.6 is 34.8 Å². The van der Waals surface area contributed by atoms with Gasteiger partial charge in [0, 0.05) is 17.5 Å². The molecule has 0 bridgehead atoms. The molecule has 98 valence electrons. The smallest absolute Gasteiger partial charge is 0.324 e. The fourth-order valence-corrected chi connectivity index (χ4v) is 2.15. The molecule has 0 aliphatic carbocycles. The highest BCUT2D eigenvalue weighted by atomic mass is 35.5. The van der Waals surface area contributed by atoms with Crippen LogP contribution in [0, 0.1) is 10.1 Å². The van der Waals surface area contributed by atoms with Gasteiger partial charge in [-0.15, -0.1) is 11.6 Å². The minimum Gasteiger partial charge on any atom is -0.468 e. The largest absolute Gasteiger partial charge is 0.468 e. The number of carbonyl (C=O) groups excluding carboxylic acids is 1. The molecule has 0 saturated heterocycles. The van der Waals surface area contributed by atoms with Crippen LogP contribution in [0.3, 0.4) is 0 Å². The number of hydrogen-bond acceptors (Lipinski definition) is 4. The maximum atomic E-state index is 11.2. The summed E-state index contributed by atoms with van der Waals surface area (Å²) < 4.78 is 4.44. The van der Waals surface area contributed by atoms with Crippen molar-refractivity contribution in [2.45, 2.75) is 11.8 Å². The van der Waals surface area contributed by atoms with E-state index in [0.717, 1.165) is 6.07 Å². The Bertz CT molecular complexity index is 492. The molecule has 0 radical (unpaired) electrons. The van der Waals surface area contributed by atoms with Crippen LogP contribution in [-0.4, -0.2) is 23.4 Å². The van der Waals surface area contributed by atoms with Crippen LogP contribution in [0.2, 0.25) is 10.0 Å². The molecular formula is C10H8Cl3NO4. The van der Waals surface area contributed by atoms with E-state index in [-0.39, 0.29) is 27.7 Å². The molecule has 0 N–H and O–H groups in total. The Hall–Kier alpha value is -1.04. The lowest BCUT2D eigenvalue weighted by Gasteiger charge is -2.09. The molecular weight excluding hydrogens is 304 g/mol. The number of halogens is 3. The van der Waals surface area contributed by atoms with Gasteiger partial charge in [0.15, 0.2) is 0 Å². The summed E-state index contributed by atoms with van der Waals surface area (Å²) in [5.74, 6) is -0.683. The van der Waals surface area contributed by atoms with E-state index in [1.165, 1.54) is 13.2 Å². The Balaban J connectivity index is 3.15.